The molecular formula is C28H26F3N3O2. The lowest BCUT2D eigenvalue weighted by Gasteiger charge is -2.35. The summed E-state index contributed by atoms with van der Waals surface area (Å²) in [5.41, 5.74) is 3.50. The number of piperazine rings is 1. The maximum Gasteiger partial charge on any atom is 0.416 e. The van der Waals surface area contributed by atoms with Gasteiger partial charge in [0.25, 0.3) is 11.8 Å². The topological polar surface area (TPSA) is 43.9 Å². The van der Waals surface area contributed by atoms with Crippen molar-refractivity contribution < 1.29 is 22.8 Å². The summed E-state index contributed by atoms with van der Waals surface area (Å²) in [5, 5.41) is 0. The Labute approximate surface area is 207 Å². The predicted molar refractivity (Wildman–Crippen MR) is 131 cm³/mol. The van der Waals surface area contributed by atoms with E-state index in [1.54, 1.807) is 4.90 Å². The lowest BCUT2D eigenvalue weighted by Crippen LogP contribution is -2.50. The summed E-state index contributed by atoms with van der Waals surface area (Å²) in [4.78, 5) is 31.3. The van der Waals surface area contributed by atoms with E-state index in [1.807, 2.05) is 24.3 Å². The molecule has 3 aromatic rings. The van der Waals surface area contributed by atoms with Gasteiger partial charge in [0.2, 0.25) is 0 Å². The van der Waals surface area contributed by atoms with Crippen LogP contribution < -0.4 is 4.90 Å². The molecule has 0 saturated carbocycles. The molecular weight excluding hydrogens is 467 g/mol. The van der Waals surface area contributed by atoms with E-state index in [2.05, 4.69) is 29.2 Å². The molecule has 0 bridgehead atoms. The fraction of sp³-hybridized carbons (Fsp3) is 0.286. The third-order valence-electron chi connectivity index (χ3n) is 6.90. The van der Waals surface area contributed by atoms with Gasteiger partial charge in [-0.05, 0) is 60.0 Å². The molecule has 2 heterocycles. The Kier molecular flexibility index (Phi) is 6.43. The highest BCUT2D eigenvalue weighted by Gasteiger charge is 2.32. The van der Waals surface area contributed by atoms with Crippen LogP contribution in [0.3, 0.4) is 0 Å². The normalized spacial score (nSPS) is 16.0. The number of anilines is 1. The fourth-order valence-corrected chi connectivity index (χ4v) is 4.84. The first-order valence-corrected chi connectivity index (χ1v) is 12.0. The van der Waals surface area contributed by atoms with Gasteiger partial charge in [-0.1, -0.05) is 30.3 Å². The number of fused-ring (bicyclic) bond motifs is 1. The molecule has 1 saturated heterocycles. The van der Waals surface area contributed by atoms with E-state index >= 15 is 0 Å². The highest BCUT2D eigenvalue weighted by Crippen LogP contribution is 2.30. The summed E-state index contributed by atoms with van der Waals surface area (Å²) >= 11 is 0. The molecule has 2 aliphatic heterocycles. The van der Waals surface area contributed by atoms with E-state index in [9.17, 15) is 22.8 Å². The number of amides is 2. The van der Waals surface area contributed by atoms with Gasteiger partial charge in [0, 0.05) is 56.1 Å². The first kappa shape index (κ1) is 23.9. The van der Waals surface area contributed by atoms with Crippen molar-refractivity contribution in [1.82, 2.24) is 9.80 Å². The molecule has 2 amide bonds. The molecule has 0 spiro atoms. The minimum absolute atomic E-state index is 0.000487. The molecule has 0 radical (unpaired) electrons. The minimum Gasteiger partial charge on any atom is -0.367 e. The molecule has 1 fully saturated rings. The van der Waals surface area contributed by atoms with Crippen LogP contribution in [0.15, 0.2) is 72.8 Å². The number of hydrogen-bond donors (Lipinski definition) is 0. The smallest absolute Gasteiger partial charge is 0.367 e. The van der Waals surface area contributed by atoms with Crippen LogP contribution in [-0.2, 0) is 19.1 Å². The number of carbonyl (C=O) groups excluding carboxylic acids is 2. The minimum atomic E-state index is -4.50. The van der Waals surface area contributed by atoms with E-state index in [-0.39, 0.29) is 24.6 Å². The lowest BCUT2D eigenvalue weighted by atomic mass is 9.99. The summed E-state index contributed by atoms with van der Waals surface area (Å²) in [6.07, 6.45) is -3.52. The molecule has 0 unspecified atom stereocenters. The second-order valence-corrected chi connectivity index (χ2v) is 9.15. The van der Waals surface area contributed by atoms with Crippen LogP contribution in [0, 0.1) is 0 Å². The number of halogens is 3. The number of alkyl halides is 3. The van der Waals surface area contributed by atoms with Gasteiger partial charge in [0.15, 0.2) is 0 Å². The molecule has 3 aromatic carbocycles. The second kappa shape index (κ2) is 9.68. The zero-order valence-electron chi connectivity index (χ0n) is 19.7. The maximum absolute atomic E-state index is 13.0. The Bertz CT molecular complexity index is 1270. The standard InChI is InChI=1S/C28H26F3N3O2/c29-28(30,31)24-7-3-6-22(18-24)27(36)33-16-14-32(15-17-33)26(35)21-8-10-25(11-9-21)34-13-12-20-4-1-2-5-23(20)19-34/h1-11,18H,12-17,19H2. The van der Waals surface area contributed by atoms with Gasteiger partial charge in [-0.2, -0.15) is 13.2 Å². The van der Waals surface area contributed by atoms with E-state index < -0.39 is 17.6 Å². The van der Waals surface area contributed by atoms with Gasteiger partial charge in [0.05, 0.1) is 5.56 Å². The molecule has 5 rings (SSSR count). The van der Waals surface area contributed by atoms with E-state index in [1.165, 1.54) is 28.2 Å². The molecule has 0 atom stereocenters. The second-order valence-electron chi connectivity index (χ2n) is 9.15. The van der Waals surface area contributed by atoms with Gasteiger partial charge in [-0.3, -0.25) is 9.59 Å². The summed E-state index contributed by atoms with van der Waals surface area (Å²) in [7, 11) is 0. The van der Waals surface area contributed by atoms with Crippen molar-refractivity contribution in [2.24, 2.45) is 0 Å². The van der Waals surface area contributed by atoms with Gasteiger partial charge in [0.1, 0.15) is 0 Å². The average Bonchev–Trinajstić information content (AvgIpc) is 2.92. The van der Waals surface area contributed by atoms with Crippen molar-refractivity contribution in [2.45, 2.75) is 19.1 Å². The zero-order valence-corrected chi connectivity index (χ0v) is 19.7. The first-order valence-electron chi connectivity index (χ1n) is 12.0. The number of benzene rings is 3. The monoisotopic (exact) mass is 493 g/mol. The van der Waals surface area contributed by atoms with Crippen molar-refractivity contribution in [3.05, 3.63) is 101 Å². The third-order valence-corrected chi connectivity index (χ3v) is 6.90. The molecule has 8 heteroatoms. The Balaban J connectivity index is 1.18. The van der Waals surface area contributed by atoms with Crippen molar-refractivity contribution in [3.63, 3.8) is 0 Å². The van der Waals surface area contributed by atoms with Gasteiger partial charge in [-0.15, -0.1) is 0 Å². The van der Waals surface area contributed by atoms with Gasteiger partial charge < -0.3 is 14.7 Å². The average molecular weight is 494 g/mol. The van der Waals surface area contributed by atoms with Gasteiger partial charge in [-0.25, -0.2) is 0 Å². The Hall–Kier alpha value is -3.81. The van der Waals surface area contributed by atoms with Crippen LogP contribution in [0.5, 0.6) is 0 Å². The Morgan fingerprint density at radius 2 is 1.28 bits per heavy atom. The number of rotatable bonds is 3. The number of hydrogen-bond acceptors (Lipinski definition) is 3. The number of carbonyl (C=O) groups is 2. The third kappa shape index (κ3) is 4.94. The largest absolute Gasteiger partial charge is 0.416 e. The van der Waals surface area contributed by atoms with E-state index in [0.29, 0.717) is 18.7 Å². The molecule has 0 aromatic heterocycles. The van der Waals surface area contributed by atoms with Crippen LogP contribution in [-0.4, -0.2) is 54.3 Å². The van der Waals surface area contributed by atoms with Crippen LogP contribution in [0.25, 0.3) is 0 Å². The SMILES string of the molecule is O=C(c1ccc(N2CCc3ccccc3C2)cc1)N1CCN(C(=O)c2cccc(C(F)(F)F)c2)CC1. The highest BCUT2D eigenvalue weighted by atomic mass is 19.4. The summed E-state index contributed by atoms with van der Waals surface area (Å²) in [6, 6.07) is 20.5. The van der Waals surface area contributed by atoms with Crippen molar-refractivity contribution in [1.29, 1.82) is 0 Å². The lowest BCUT2D eigenvalue weighted by molar-refractivity contribution is -0.137. The van der Waals surface area contributed by atoms with Crippen molar-refractivity contribution in [2.75, 3.05) is 37.6 Å². The van der Waals surface area contributed by atoms with Gasteiger partial charge >= 0.3 is 6.18 Å². The highest BCUT2D eigenvalue weighted by molar-refractivity contribution is 5.96. The van der Waals surface area contributed by atoms with Crippen LogP contribution in [0.2, 0.25) is 0 Å². The molecule has 2 aliphatic rings. The first-order chi connectivity index (χ1) is 17.3. The molecule has 36 heavy (non-hydrogen) atoms. The number of nitrogens with zero attached hydrogens (tertiary/aromatic N) is 3. The van der Waals surface area contributed by atoms with Crippen molar-refractivity contribution >= 4 is 17.5 Å². The van der Waals surface area contributed by atoms with E-state index in [4.69, 9.17) is 0 Å². The molecule has 5 nitrogen and oxygen atoms in total. The maximum atomic E-state index is 13.0. The summed E-state index contributed by atoms with van der Waals surface area (Å²) < 4.78 is 39.0. The Morgan fingerprint density at radius 3 is 1.92 bits per heavy atom. The quantitative estimate of drug-likeness (QED) is 0.523. The van der Waals surface area contributed by atoms with Crippen molar-refractivity contribution in [3.8, 4) is 0 Å². The molecule has 186 valence electrons. The van der Waals surface area contributed by atoms with E-state index in [0.717, 1.165) is 37.3 Å². The Morgan fingerprint density at radius 1 is 0.667 bits per heavy atom. The summed E-state index contributed by atoms with van der Waals surface area (Å²) in [5.74, 6) is -0.572. The van der Waals surface area contributed by atoms with Crippen LogP contribution in [0.4, 0.5) is 18.9 Å². The molecule has 0 N–H and O–H groups in total. The predicted octanol–water partition coefficient (Wildman–Crippen LogP) is 4.87. The molecule has 0 aliphatic carbocycles. The summed E-state index contributed by atoms with van der Waals surface area (Å²) in [6.45, 7) is 2.96. The van der Waals surface area contributed by atoms with Crippen LogP contribution in [0.1, 0.15) is 37.4 Å². The fourth-order valence-electron chi connectivity index (χ4n) is 4.84. The zero-order chi connectivity index (χ0) is 25.3. The van der Waals surface area contributed by atoms with Crippen LogP contribution >= 0.6 is 0 Å².